The second-order valence-electron chi connectivity index (χ2n) is 5.45. The third-order valence-electron chi connectivity index (χ3n) is 3.89. The summed E-state index contributed by atoms with van der Waals surface area (Å²) in [6.45, 7) is 0.774. The summed E-state index contributed by atoms with van der Waals surface area (Å²) >= 11 is 0. The van der Waals surface area contributed by atoms with E-state index in [9.17, 15) is 9.59 Å². The number of rotatable bonds is 4. The van der Waals surface area contributed by atoms with Crippen molar-refractivity contribution < 1.29 is 23.5 Å². The summed E-state index contributed by atoms with van der Waals surface area (Å²) < 4.78 is 15.3. The predicted molar refractivity (Wildman–Crippen MR) is 83.2 cm³/mol. The first-order chi connectivity index (χ1) is 11.7. The van der Waals surface area contributed by atoms with Crippen LogP contribution in [-0.2, 0) is 16.1 Å². The van der Waals surface area contributed by atoms with Gasteiger partial charge in [0.15, 0.2) is 5.69 Å². The number of hydrogen-bond donors (Lipinski definition) is 0. The van der Waals surface area contributed by atoms with E-state index in [0.717, 1.165) is 12.0 Å². The molecule has 0 aliphatic carbocycles. The Labute approximate surface area is 139 Å². The molecule has 0 spiro atoms. The summed E-state index contributed by atoms with van der Waals surface area (Å²) in [7, 11) is 1.28. The molecular formula is C17H18N2O5. The highest BCUT2D eigenvalue weighted by molar-refractivity contribution is 5.86. The molecular weight excluding hydrogens is 312 g/mol. The van der Waals surface area contributed by atoms with E-state index in [2.05, 4.69) is 9.72 Å². The molecule has 7 heteroatoms. The fraction of sp³-hybridized carbons (Fsp3) is 0.353. The number of oxazole rings is 1. The number of aromatic nitrogens is 1. The first-order valence-corrected chi connectivity index (χ1v) is 7.70. The van der Waals surface area contributed by atoms with Crippen LogP contribution in [0.1, 0.15) is 40.8 Å². The number of carbonyl (C=O) groups excluding carboxylic acids is 2. The normalized spacial score (nSPS) is 16.9. The number of methoxy groups -OCH3 is 1. The Morgan fingerprint density at radius 3 is 2.88 bits per heavy atom. The van der Waals surface area contributed by atoms with Gasteiger partial charge in [0.2, 0.25) is 5.89 Å². The number of hydrogen-bond acceptors (Lipinski definition) is 6. The molecule has 126 valence electrons. The smallest absolute Gasteiger partial charge is 0.410 e. The van der Waals surface area contributed by atoms with E-state index in [1.165, 1.54) is 13.4 Å². The molecule has 7 nitrogen and oxygen atoms in total. The van der Waals surface area contributed by atoms with E-state index in [4.69, 9.17) is 9.15 Å². The largest absolute Gasteiger partial charge is 0.464 e. The number of carbonyl (C=O) groups is 2. The predicted octanol–water partition coefficient (Wildman–Crippen LogP) is 2.93. The minimum absolute atomic E-state index is 0.0944. The monoisotopic (exact) mass is 330 g/mol. The van der Waals surface area contributed by atoms with Gasteiger partial charge in [-0.3, -0.25) is 4.90 Å². The lowest BCUT2D eigenvalue weighted by Crippen LogP contribution is -2.31. The van der Waals surface area contributed by atoms with Crippen molar-refractivity contribution in [3.63, 3.8) is 0 Å². The average molecular weight is 330 g/mol. The molecule has 1 saturated heterocycles. The summed E-state index contributed by atoms with van der Waals surface area (Å²) in [5.74, 6) is -0.245. The molecule has 1 aromatic heterocycles. The van der Waals surface area contributed by atoms with Gasteiger partial charge in [0.05, 0.1) is 7.11 Å². The summed E-state index contributed by atoms with van der Waals surface area (Å²) in [6.07, 6.45) is 2.36. The molecule has 1 fully saturated rings. The Morgan fingerprint density at radius 1 is 1.33 bits per heavy atom. The molecule has 24 heavy (non-hydrogen) atoms. The first kappa shape index (κ1) is 16.0. The average Bonchev–Trinajstić information content (AvgIpc) is 3.28. The third-order valence-corrected chi connectivity index (χ3v) is 3.89. The molecule has 2 heterocycles. The molecule has 2 aromatic rings. The van der Waals surface area contributed by atoms with Crippen LogP contribution in [0.3, 0.4) is 0 Å². The van der Waals surface area contributed by atoms with Crippen LogP contribution in [0.15, 0.2) is 41.0 Å². The zero-order valence-electron chi connectivity index (χ0n) is 13.3. The second kappa shape index (κ2) is 7.16. The molecule has 0 radical (unpaired) electrons. The Hall–Kier alpha value is -2.83. The zero-order valence-corrected chi connectivity index (χ0v) is 13.3. The number of amides is 1. The van der Waals surface area contributed by atoms with Crippen molar-refractivity contribution in [2.24, 2.45) is 0 Å². The van der Waals surface area contributed by atoms with Gasteiger partial charge in [0.1, 0.15) is 18.9 Å². The Kier molecular flexibility index (Phi) is 4.79. The quantitative estimate of drug-likeness (QED) is 0.802. The van der Waals surface area contributed by atoms with E-state index in [-0.39, 0.29) is 18.3 Å². The highest BCUT2D eigenvalue weighted by atomic mass is 16.6. The summed E-state index contributed by atoms with van der Waals surface area (Å²) in [4.78, 5) is 29.5. The summed E-state index contributed by atoms with van der Waals surface area (Å²) in [5.41, 5.74) is 1.02. The standard InChI is InChI=1S/C17H18N2O5/c1-22-16(20)13-11-23-15(18-13)14-8-5-9-19(14)17(21)24-10-12-6-3-2-4-7-12/h2-4,6-7,11,14H,5,8-10H2,1H3. The Balaban J connectivity index is 1.65. The zero-order chi connectivity index (χ0) is 16.9. The van der Waals surface area contributed by atoms with Crippen molar-refractivity contribution in [1.29, 1.82) is 0 Å². The molecule has 0 N–H and O–H groups in total. The molecule has 1 aromatic carbocycles. The van der Waals surface area contributed by atoms with Crippen molar-refractivity contribution in [1.82, 2.24) is 9.88 Å². The molecule has 1 atom stereocenters. The highest BCUT2D eigenvalue weighted by Crippen LogP contribution is 2.32. The van der Waals surface area contributed by atoms with Crippen molar-refractivity contribution >= 4 is 12.1 Å². The van der Waals surface area contributed by atoms with Crippen molar-refractivity contribution in [2.45, 2.75) is 25.5 Å². The highest BCUT2D eigenvalue weighted by Gasteiger charge is 2.35. The topological polar surface area (TPSA) is 81.9 Å². The molecule has 0 bridgehead atoms. The molecule has 3 rings (SSSR count). The lowest BCUT2D eigenvalue weighted by Gasteiger charge is -2.21. The number of ether oxygens (including phenoxy) is 2. The number of likely N-dealkylation sites (tertiary alicyclic amines) is 1. The van der Waals surface area contributed by atoms with Crippen molar-refractivity contribution in [3.05, 3.63) is 53.7 Å². The van der Waals surface area contributed by atoms with Crippen LogP contribution in [0, 0.1) is 0 Å². The number of nitrogens with zero attached hydrogens (tertiary/aromatic N) is 2. The third kappa shape index (κ3) is 3.40. The van der Waals surface area contributed by atoms with E-state index in [0.29, 0.717) is 18.9 Å². The van der Waals surface area contributed by atoms with Crippen LogP contribution in [0.25, 0.3) is 0 Å². The fourth-order valence-corrected chi connectivity index (χ4v) is 2.68. The first-order valence-electron chi connectivity index (χ1n) is 7.70. The Bertz CT molecular complexity index is 713. The van der Waals surface area contributed by atoms with Crippen LogP contribution < -0.4 is 0 Å². The lowest BCUT2D eigenvalue weighted by atomic mass is 10.2. The van der Waals surface area contributed by atoms with Gasteiger partial charge in [0, 0.05) is 6.54 Å². The molecule has 1 unspecified atom stereocenters. The fourth-order valence-electron chi connectivity index (χ4n) is 2.68. The lowest BCUT2D eigenvalue weighted by molar-refractivity contribution is 0.0594. The summed E-state index contributed by atoms with van der Waals surface area (Å²) in [5, 5.41) is 0. The van der Waals surface area contributed by atoms with Crippen LogP contribution in [0.4, 0.5) is 4.79 Å². The van der Waals surface area contributed by atoms with Gasteiger partial charge in [-0.15, -0.1) is 0 Å². The maximum absolute atomic E-state index is 12.3. The molecule has 0 saturated carbocycles. The van der Waals surface area contributed by atoms with Crippen molar-refractivity contribution in [3.8, 4) is 0 Å². The van der Waals surface area contributed by atoms with Crippen LogP contribution in [0.5, 0.6) is 0 Å². The van der Waals surface area contributed by atoms with Crippen molar-refractivity contribution in [2.75, 3.05) is 13.7 Å². The SMILES string of the molecule is COC(=O)c1coc(C2CCCN2C(=O)OCc2ccccc2)n1. The van der Waals surface area contributed by atoms with Gasteiger partial charge in [-0.2, -0.15) is 0 Å². The van der Waals surface area contributed by atoms with Crippen LogP contribution in [0.2, 0.25) is 0 Å². The summed E-state index contributed by atoms with van der Waals surface area (Å²) in [6, 6.07) is 9.15. The molecule has 1 aliphatic rings. The van der Waals surface area contributed by atoms with Crippen LogP contribution in [-0.4, -0.2) is 35.6 Å². The van der Waals surface area contributed by atoms with Gasteiger partial charge < -0.3 is 13.9 Å². The maximum atomic E-state index is 12.3. The number of benzene rings is 1. The van der Waals surface area contributed by atoms with Gasteiger partial charge in [-0.1, -0.05) is 30.3 Å². The van der Waals surface area contributed by atoms with Crippen LogP contribution >= 0.6 is 0 Å². The van der Waals surface area contributed by atoms with Gasteiger partial charge in [-0.25, -0.2) is 14.6 Å². The van der Waals surface area contributed by atoms with E-state index in [1.54, 1.807) is 4.90 Å². The van der Waals surface area contributed by atoms with Gasteiger partial charge in [-0.05, 0) is 18.4 Å². The van der Waals surface area contributed by atoms with Gasteiger partial charge >= 0.3 is 12.1 Å². The van der Waals surface area contributed by atoms with E-state index < -0.39 is 12.1 Å². The molecule has 1 amide bonds. The van der Waals surface area contributed by atoms with E-state index >= 15 is 0 Å². The maximum Gasteiger partial charge on any atom is 0.410 e. The minimum atomic E-state index is -0.568. The Morgan fingerprint density at radius 2 is 2.12 bits per heavy atom. The minimum Gasteiger partial charge on any atom is -0.464 e. The second-order valence-corrected chi connectivity index (χ2v) is 5.45. The van der Waals surface area contributed by atoms with E-state index in [1.807, 2.05) is 30.3 Å². The number of esters is 1. The molecule has 1 aliphatic heterocycles. The van der Waals surface area contributed by atoms with Gasteiger partial charge in [0.25, 0.3) is 0 Å².